The summed E-state index contributed by atoms with van der Waals surface area (Å²) in [4.78, 5) is 27.3. The molecule has 5 rings (SSSR count). The molecule has 7 nitrogen and oxygen atoms in total. The second-order valence-electron chi connectivity index (χ2n) is 9.55. The van der Waals surface area contributed by atoms with E-state index in [9.17, 15) is 4.79 Å². The van der Waals surface area contributed by atoms with Crippen molar-refractivity contribution in [1.29, 1.82) is 0 Å². The Morgan fingerprint density at radius 3 is 2.54 bits per heavy atom. The third-order valence-corrected chi connectivity index (χ3v) is 6.88. The molecule has 1 fully saturated rings. The lowest BCUT2D eigenvalue weighted by molar-refractivity contribution is 0.0731. The molecule has 3 aromatic rings. The predicted octanol–water partition coefficient (Wildman–Crippen LogP) is 5.02. The van der Waals surface area contributed by atoms with Crippen molar-refractivity contribution in [1.82, 2.24) is 14.9 Å². The predicted molar refractivity (Wildman–Crippen MR) is 135 cm³/mol. The summed E-state index contributed by atoms with van der Waals surface area (Å²) in [5, 5.41) is 0. The number of anilines is 1. The highest BCUT2D eigenvalue weighted by atomic mass is 16.5. The number of aromatic nitrogens is 2. The standard InChI is InChI=1S/C28H32N4O3/c1-19-10-13-31(14-11-19)28-29-25-12-15-32(27(33)21-7-5-8-22(17-21)34-3)18-24(25)26(30-28)35-23-9-4-6-20(2)16-23/h4-9,16-17,19H,10-15,18H2,1-3H3. The smallest absolute Gasteiger partial charge is 0.254 e. The largest absolute Gasteiger partial charge is 0.497 e. The van der Waals surface area contributed by atoms with Crippen LogP contribution in [0.2, 0.25) is 0 Å². The Labute approximate surface area is 206 Å². The van der Waals surface area contributed by atoms with Gasteiger partial charge in [-0.25, -0.2) is 4.98 Å². The van der Waals surface area contributed by atoms with E-state index in [0.29, 0.717) is 36.7 Å². The summed E-state index contributed by atoms with van der Waals surface area (Å²) in [6.45, 7) is 7.24. The SMILES string of the molecule is COc1cccc(C(=O)N2CCc3nc(N4CCC(C)CC4)nc(Oc4cccc(C)c4)c3C2)c1. The van der Waals surface area contributed by atoms with Crippen LogP contribution in [0.1, 0.15) is 46.9 Å². The van der Waals surface area contributed by atoms with Gasteiger partial charge in [-0.3, -0.25) is 4.79 Å². The van der Waals surface area contributed by atoms with Crippen LogP contribution in [0.25, 0.3) is 0 Å². The fourth-order valence-corrected chi connectivity index (χ4v) is 4.71. The van der Waals surface area contributed by atoms with Gasteiger partial charge < -0.3 is 19.3 Å². The average molecular weight is 473 g/mol. The van der Waals surface area contributed by atoms with Crippen LogP contribution >= 0.6 is 0 Å². The van der Waals surface area contributed by atoms with Gasteiger partial charge in [-0.1, -0.05) is 25.1 Å². The van der Waals surface area contributed by atoms with Crippen LogP contribution in [0.4, 0.5) is 5.95 Å². The van der Waals surface area contributed by atoms with Gasteiger partial charge in [0.15, 0.2) is 0 Å². The summed E-state index contributed by atoms with van der Waals surface area (Å²) in [5.41, 5.74) is 3.56. The van der Waals surface area contributed by atoms with Gasteiger partial charge in [0.05, 0.1) is 24.9 Å². The lowest BCUT2D eigenvalue weighted by atomic mass is 9.99. The van der Waals surface area contributed by atoms with Crippen LogP contribution in [0, 0.1) is 12.8 Å². The topological polar surface area (TPSA) is 67.8 Å². The first-order valence-electron chi connectivity index (χ1n) is 12.3. The fourth-order valence-electron chi connectivity index (χ4n) is 4.71. The van der Waals surface area contributed by atoms with Gasteiger partial charge >= 0.3 is 0 Å². The van der Waals surface area contributed by atoms with Crippen molar-refractivity contribution in [3.8, 4) is 17.4 Å². The molecule has 1 aromatic heterocycles. The van der Waals surface area contributed by atoms with Crippen molar-refractivity contribution in [2.75, 3.05) is 31.6 Å². The second kappa shape index (κ2) is 9.94. The molecule has 2 aromatic carbocycles. The number of hydrogen-bond donors (Lipinski definition) is 0. The summed E-state index contributed by atoms with van der Waals surface area (Å²) in [6, 6.07) is 15.2. The highest BCUT2D eigenvalue weighted by Gasteiger charge is 2.29. The number of rotatable bonds is 5. The number of carbonyl (C=O) groups is 1. The Morgan fingerprint density at radius 2 is 1.77 bits per heavy atom. The molecule has 0 unspecified atom stereocenters. The number of carbonyl (C=O) groups excluding carboxylic acids is 1. The molecule has 0 aliphatic carbocycles. The highest BCUT2D eigenvalue weighted by Crippen LogP contribution is 2.33. The van der Waals surface area contributed by atoms with E-state index in [1.165, 1.54) is 0 Å². The zero-order chi connectivity index (χ0) is 24.4. The van der Waals surface area contributed by atoms with E-state index < -0.39 is 0 Å². The van der Waals surface area contributed by atoms with Gasteiger partial charge in [-0.15, -0.1) is 0 Å². The number of aryl methyl sites for hydroxylation is 1. The number of nitrogens with zero attached hydrogens (tertiary/aromatic N) is 4. The summed E-state index contributed by atoms with van der Waals surface area (Å²) in [5.74, 6) is 3.36. The number of benzene rings is 2. The zero-order valence-corrected chi connectivity index (χ0v) is 20.7. The third kappa shape index (κ3) is 5.09. The molecule has 1 saturated heterocycles. The van der Waals surface area contributed by atoms with Crippen molar-refractivity contribution in [3.63, 3.8) is 0 Å². The third-order valence-electron chi connectivity index (χ3n) is 6.88. The Morgan fingerprint density at radius 1 is 1.00 bits per heavy atom. The minimum absolute atomic E-state index is 0.0369. The van der Waals surface area contributed by atoms with Crippen molar-refractivity contribution >= 4 is 11.9 Å². The Bertz CT molecular complexity index is 1220. The number of piperidine rings is 1. The molecule has 3 heterocycles. The molecule has 7 heteroatoms. The van der Waals surface area contributed by atoms with E-state index in [-0.39, 0.29) is 5.91 Å². The first kappa shape index (κ1) is 23.1. The van der Waals surface area contributed by atoms with E-state index in [4.69, 9.17) is 19.4 Å². The highest BCUT2D eigenvalue weighted by molar-refractivity contribution is 5.94. The van der Waals surface area contributed by atoms with Crippen LogP contribution < -0.4 is 14.4 Å². The Balaban J connectivity index is 1.47. The number of amides is 1. The normalized spacial score (nSPS) is 16.1. The maximum Gasteiger partial charge on any atom is 0.254 e. The van der Waals surface area contributed by atoms with E-state index in [2.05, 4.69) is 11.8 Å². The summed E-state index contributed by atoms with van der Waals surface area (Å²) >= 11 is 0. The number of methoxy groups -OCH3 is 1. The average Bonchev–Trinajstić information content (AvgIpc) is 2.88. The maximum absolute atomic E-state index is 13.3. The molecule has 0 radical (unpaired) electrons. The fraction of sp³-hybridized carbons (Fsp3) is 0.393. The summed E-state index contributed by atoms with van der Waals surface area (Å²) < 4.78 is 11.7. The molecule has 0 atom stereocenters. The lowest BCUT2D eigenvalue weighted by Crippen LogP contribution is -2.38. The molecule has 0 bridgehead atoms. The van der Waals surface area contributed by atoms with Gasteiger partial charge in [0.25, 0.3) is 5.91 Å². The van der Waals surface area contributed by atoms with Crippen molar-refractivity contribution < 1.29 is 14.3 Å². The molecule has 0 spiro atoms. The van der Waals surface area contributed by atoms with Gasteiger partial charge in [-0.2, -0.15) is 4.98 Å². The Hall–Kier alpha value is -3.61. The van der Waals surface area contributed by atoms with Crippen LogP contribution in [-0.2, 0) is 13.0 Å². The molecule has 2 aliphatic rings. The van der Waals surface area contributed by atoms with Crippen molar-refractivity contribution in [2.24, 2.45) is 5.92 Å². The first-order valence-corrected chi connectivity index (χ1v) is 12.3. The molecular formula is C28H32N4O3. The van der Waals surface area contributed by atoms with Crippen molar-refractivity contribution in [2.45, 2.75) is 39.7 Å². The van der Waals surface area contributed by atoms with Gasteiger partial charge in [-0.05, 0) is 61.6 Å². The Kier molecular flexibility index (Phi) is 6.57. The monoisotopic (exact) mass is 472 g/mol. The zero-order valence-electron chi connectivity index (χ0n) is 20.7. The maximum atomic E-state index is 13.3. The van der Waals surface area contributed by atoms with E-state index >= 15 is 0 Å². The van der Waals surface area contributed by atoms with Crippen LogP contribution in [0.3, 0.4) is 0 Å². The number of fused-ring (bicyclic) bond motifs is 1. The van der Waals surface area contributed by atoms with E-state index in [0.717, 1.165) is 60.4 Å². The quantitative estimate of drug-likeness (QED) is 0.519. The van der Waals surface area contributed by atoms with Crippen LogP contribution in [0.5, 0.6) is 17.4 Å². The molecule has 2 aliphatic heterocycles. The molecule has 182 valence electrons. The molecule has 0 N–H and O–H groups in total. The summed E-state index contributed by atoms with van der Waals surface area (Å²) in [6.07, 6.45) is 2.93. The number of ether oxygens (including phenoxy) is 2. The summed E-state index contributed by atoms with van der Waals surface area (Å²) in [7, 11) is 1.60. The lowest BCUT2D eigenvalue weighted by Gasteiger charge is -2.33. The van der Waals surface area contributed by atoms with Gasteiger partial charge in [0.1, 0.15) is 11.5 Å². The number of hydrogen-bond acceptors (Lipinski definition) is 6. The van der Waals surface area contributed by atoms with Crippen LogP contribution in [0.15, 0.2) is 48.5 Å². The molecular weight excluding hydrogens is 440 g/mol. The second-order valence-corrected chi connectivity index (χ2v) is 9.55. The van der Waals surface area contributed by atoms with Crippen LogP contribution in [-0.4, -0.2) is 47.5 Å². The first-order chi connectivity index (χ1) is 17.0. The molecule has 35 heavy (non-hydrogen) atoms. The van der Waals surface area contributed by atoms with E-state index in [1.807, 2.05) is 54.3 Å². The molecule has 0 saturated carbocycles. The van der Waals surface area contributed by atoms with E-state index in [1.54, 1.807) is 13.2 Å². The van der Waals surface area contributed by atoms with Crippen molar-refractivity contribution in [3.05, 3.63) is 70.9 Å². The van der Waals surface area contributed by atoms with Gasteiger partial charge in [0, 0.05) is 31.6 Å². The minimum atomic E-state index is -0.0369. The van der Waals surface area contributed by atoms with Gasteiger partial charge in [0.2, 0.25) is 11.8 Å². The molecule has 1 amide bonds. The minimum Gasteiger partial charge on any atom is -0.497 e.